The molecule has 3 N–H and O–H groups in total. The second kappa shape index (κ2) is 5.33. The van der Waals surface area contributed by atoms with Crippen molar-refractivity contribution in [3.8, 4) is 0 Å². The van der Waals surface area contributed by atoms with Crippen LogP contribution in [-0.2, 0) is 4.74 Å². The number of hydrogen-bond donors (Lipinski definition) is 3. The first kappa shape index (κ1) is 15.5. The number of nitrogens with one attached hydrogen (secondary N) is 2. The molecule has 0 radical (unpaired) electrons. The third-order valence-electron chi connectivity index (χ3n) is 4.94. The molecule has 1 aromatic heterocycles. The van der Waals surface area contributed by atoms with Crippen molar-refractivity contribution >= 4 is 0 Å². The van der Waals surface area contributed by atoms with E-state index in [1.807, 2.05) is 0 Å². The Balaban J connectivity index is 1.92. The molecular formula is C15H23N3O4. The van der Waals surface area contributed by atoms with Crippen LogP contribution in [0.5, 0.6) is 0 Å². The van der Waals surface area contributed by atoms with Crippen molar-refractivity contribution < 1.29 is 9.84 Å². The average molecular weight is 309 g/mol. The molecule has 3 heterocycles. The minimum absolute atomic E-state index is 0.262. The molecule has 0 amide bonds. The SMILES string of the molecule is Cc1cn([C@H]2COC3(CCNCC3)C[C@]2(C)O)c(=O)[nH]c1=O. The van der Waals surface area contributed by atoms with E-state index in [-0.39, 0.29) is 12.2 Å². The Kier molecular flexibility index (Phi) is 3.74. The van der Waals surface area contributed by atoms with Crippen molar-refractivity contribution in [1.29, 1.82) is 0 Å². The maximum absolute atomic E-state index is 12.1. The predicted octanol–water partition coefficient (Wildman–Crippen LogP) is -0.320. The largest absolute Gasteiger partial charge is 0.388 e. The zero-order chi connectivity index (χ0) is 16.0. The summed E-state index contributed by atoms with van der Waals surface area (Å²) in [5.74, 6) is 0. The minimum Gasteiger partial charge on any atom is -0.388 e. The summed E-state index contributed by atoms with van der Waals surface area (Å²) in [7, 11) is 0. The number of hydrogen-bond acceptors (Lipinski definition) is 5. The molecule has 3 rings (SSSR count). The summed E-state index contributed by atoms with van der Waals surface area (Å²) in [6, 6.07) is -0.504. The molecule has 0 aliphatic carbocycles. The smallest absolute Gasteiger partial charge is 0.328 e. The second-order valence-corrected chi connectivity index (χ2v) is 6.77. The molecule has 122 valence electrons. The molecule has 0 bridgehead atoms. The number of aliphatic hydroxyl groups is 1. The number of aromatic nitrogens is 2. The van der Waals surface area contributed by atoms with Gasteiger partial charge in [-0.25, -0.2) is 4.79 Å². The van der Waals surface area contributed by atoms with E-state index in [1.165, 1.54) is 10.8 Å². The van der Waals surface area contributed by atoms with Gasteiger partial charge in [0, 0.05) is 18.2 Å². The van der Waals surface area contributed by atoms with Gasteiger partial charge in [-0.3, -0.25) is 14.3 Å². The fraction of sp³-hybridized carbons (Fsp3) is 0.733. The van der Waals surface area contributed by atoms with Crippen molar-refractivity contribution in [2.24, 2.45) is 0 Å². The maximum atomic E-state index is 12.1. The molecule has 1 aromatic rings. The van der Waals surface area contributed by atoms with Crippen LogP contribution in [0.25, 0.3) is 0 Å². The lowest BCUT2D eigenvalue weighted by atomic mass is 9.76. The summed E-state index contributed by atoms with van der Waals surface area (Å²) < 4.78 is 7.48. The number of aromatic amines is 1. The zero-order valence-electron chi connectivity index (χ0n) is 13.0. The van der Waals surface area contributed by atoms with Crippen LogP contribution in [0.1, 0.15) is 37.8 Å². The lowest BCUT2D eigenvalue weighted by Crippen LogP contribution is -2.58. The normalized spacial score (nSPS) is 31.3. The van der Waals surface area contributed by atoms with Crippen molar-refractivity contribution in [1.82, 2.24) is 14.9 Å². The predicted molar refractivity (Wildman–Crippen MR) is 81.1 cm³/mol. The first-order chi connectivity index (χ1) is 10.3. The van der Waals surface area contributed by atoms with Gasteiger partial charge in [-0.15, -0.1) is 0 Å². The third kappa shape index (κ3) is 2.64. The van der Waals surface area contributed by atoms with Crippen molar-refractivity contribution in [3.63, 3.8) is 0 Å². The van der Waals surface area contributed by atoms with Crippen LogP contribution in [0, 0.1) is 6.92 Å². The Morgan fingerprint density at radius 3 is 2.68 bits per heavy atom. The van der Waals surface area contributed by atoms with E-state index >= 15 is 0 Å². The van der Waals surface area contributed by atoms with E-state index in [9.17, 15) is 14.7 Å². The fourth-order valence-electron chi connectivity index (χ4n) is 3.66. The van der Waals surface area contributed by atoms with Gasteiger partial charge in [0.25, 0.3) is 5.56 Å². The van der Waals surface area contributed by atoms with Crippen LogP contribution in [0.3, 0.4) is 0 Å². The van der Waals surface area contributed by atoms with Crippen LogP contribution >= 0.6 is 0 Å². The molecule has 1 spiro atoms. The maximum Gasteiger partial charge on any atom is 0.328 e. The topological polar surface area (TPSA) is 96.3 Å². The molecule has 0 saturated carbocycles. The van der Waals surface area contributed by atoms with Crippen LogP contribution in [0.15, 0.2) is 15.8 Å². The van der Waals surface area contributed by atoms with Crippen LogP contribution in [0.2, 0.25) is 0 Å². The van der Waals surface area contributed by atoms with Crippen LogP contribution < -0.4 is 16.6 Å². The molecule has 22 heavy (non-hydrogen) atoms. The summed E-state index contributed by atoms with van der Waals surface area (Å²) in [5, 5.41) is 14.2. The molecule has 2 aliphatic heterocycles. The number of rotatable bonds is 1. The first-order valence-corrected chi connectivity index (χ1v) is 7.72. The number of piperidine rings is 1. The lowest BCUT2D eigenvalue weighted by Gasteiger charge is -2.50. The van der Waals surface area contributed by atoms with Gasteiger partial charge in [0.1, 0.15) is 0 Å². The van der Waals surface area contributed by atoms with Crippen molar-refractivity contribution in [2.75, 3.05) is 19.7 Å². The van der Waals surface area contributed by atoms with E-state index < -0.39 is 22.9 Å². The Labute approximate surface area is 128 Å². The number of ether oxygens (including phenoxy) is 1. The van der Waals surface area contributed by atoms with Crippen molar-refractivity contribution in [2.45, 2.75) is 50.4 Å². The average Bonchev–Trinajstić information content (AvgIpc) is 2.43. The molecule has 2 aliphatic rings. The van der Waals surface area contributed by atoms with E-state index in [0.717, 1.165) is 25.9 Å². The number of nitrogens with zero attached hydrogens (tertiary/aromatic N) is 1. The summed E-state index contributed by atoms with van der Waals surface area (Å²) in [5.41, 5.74) is -1.84. The van der Waals surface area contributed by atoms with Gasteiger partial charge in [0.15, 0.2) is 0 Å². The van der Waals surface area contributed by atoms with E-state index in [2.05, 4.69) is 10.3 Å². The number of H-pyrrole nitrogens is 1. The van der Waals surface area contributed by atoms with Gasteiger partial charge in [-0.2, -0.15) is 0 Å². The summed E-state index contributed by atoms with van der Waals surface area (Å²) in [4.78, 5) is 25.9. The minimum atomic E-state index is -1.07. The van der Waals surface area contributed by atoms with Gasteiger partial charge in [0.05, 0.1) is 23.9 Å². The van der Waals surface area contributed by atoms with Gasteiger partial charge >= 0.3 is 5.69 Å². The molecular weight excluding hydrogens is 286 g/mol. The standard InChI is InChI=1S/C15H23N3O4/c1-10-7-18(13(20)17-12(10)19)11-8-22-15(9-14(11,2)21)3-5-16-6-4-15/h7,11,16,21H,3-6,8-9H2,1-2H3,(H,17,19,20)/t11-,14-/m0/s1. The Hall–Kier alpha value is -1.44. The summed E-state index contributed by atoms with van der Waals surface area (Å²) >= 11 is 0. The lowest BCUT2D eigenvalue weighted by molar-refractivity contribution is -0.190. The third-order valence-corrected chi connectivity index (χ3v) is 4.94. The summed E-state index contributed by atoms with van der Waals surface area (Å²) in [6.45, 7) is 5.40. The molecule has 0 unspecified atom stereocenters. The van der Waals surface area contributed by atoms with Crippen molar-refractivity contribution in [3.05, 3.63) is 32.6 Å². The monoisotopic (exact) mass is 309 g/mol. The Morgan fingerprint density at radius 1 is 1.36 bits per heavy atom. The Morgan fingerprint density at radius 2 is 2.05 bits per heavy atom. The molecule has 2 saturated heterocycles. The number of aryl methyl sites for hydroxylation is 1. The van der Waals surface area contributed by atoms with E-state index in [4.69, 9.17) is 4.74 Å². The molecule has 7 nitrogen and oxygen atoms in total. The highest BCUT2D eigenvalue weighted by Gasteiger charge is 2.49. The fourth-order valence-corrected chi connectivity index (χ4v) is 3.66. The van der Waals surface area contributed by atoms with Crippen LogP contribution in [0.4, 0.5) is 0 Å². The molecule has 7 heteroatoms. The van der Waals surface area contributed by atoms with E-state index in [1.54, 1.807) is 13.8 Å². The second-order valence-electron chi connectivity index (χ2n) is 6.77. The van der Waals surface area contributed by atoms with E-state index in [0.29, 0.717) is 12.0 Å². The quantitative estimate of drug-likeness (QED) is 0.661. The molecule has 2 fully saturated rings. The molecule has 0 aromatic carbocycles. The van der Waals surface area contributed by atoms with Gasteiger partial charge in [0.2, 0.25) is 0 Å². The van der Waals surface area contributed by atoms with Gasteiger partial charge in [-0.05, 0) is 39.8 Å². The van der Waals surface area contributed by atoms with Gasteiger partial charge < -0.3 is 15.2 Å². The first-order valence-electron chi connectivity index (χ1n) is 7.72. The zero-order valence-corrected chi connectivity index (χ0v) is 13.0. The highest BCUT2D eigenvalue weighted by Crippen LogP contribution is 2.42. The molecule has 2 atom stereocenters. The Bertz CT molecular complexity index is 670. The highest BCUT2D eigenvalue weighted by molar-refractivity contribution is 5.07. The highest BCUT2D eigenvalue weighted by atomic mass is 16.5. The van der Waals surface area contributed by atoms with Crippen LogP contribution in [-0.4, -0.2) is 45.6 Å². The summed E-state index contributed by atoms with van der Waals surface area (Å²) in [6.07, 6.45) is 3.70. The van der Waals surface area contributed by atoms with Gasteiger partial charge in [-0.1, -0.05) is 0 Å².